The quantitative estimate of drug-likeness (QED) is 0.853. The Morgan fingerprint density at radius 1 is 1.21 bits per heavy atom. The number of fused-ring (bicyclic) bond motifs is 1. The van der Waals surface area contributed by atoms with Gasteiger partial charge in [0.25, 0.3) is 0 Å². The topological polar surface area (TPSA) is 32.9 Å². The van der Waals surface area contributed by atoms with Crippen molar-refractivity contribution in [3.63, 3.8) is 0 Å². The number of hydrogen-bond donors (Lipinski definition) is 1. The molecule has 0 radical (unpaired) electrons. The molecule has 1 aromatic carbocycles. The van der Waals surface area contributed by atoms with Crippen LogP contribution in [0.1, 0.15) is 58.2 Å². The van der Waals surface area contributed by atoms with Crippen molar-refractivity contribution >= 4 is 10.9 Å². The summed E-state index contributed by atoms with van der Waals surface area (Å²) in [4.78, 5) is 15.7. The third-order valence-electron chi connectivity index (χ3n) is 3.84. The summed E-state index contributed by atoms with van der Waals surface area (Å²) in [6.07, 6.45) is 1.09. The van der Waals surface area contributed by atoms with E-state index in [-0.39, 0.29) is 10.8 Å². The number of hydrogen-bond acceptors (Lipinski definition) is 1. The molecular weight excluding hydrogens is 234 g/mol. The molecule has 102 valence electrons. The highest BCUT2D eigenvalue weighted by Crippen LogP contribution is 2.24. The maximum Gasteiger partial charge on any atom is 0.189 e. The number of rotatable bonds is 2. The van der Waals surface area contributed by atoms with E-state index in [0.29, 0.717) is 5.92 Å². The molecule has 19 heavy (non-hydrogen) atoms. The fourth-order valence-corrected chi connectivity index (χ4v) is 2.21. The number of H-pyrrole nitrogens is 1. The van der Waals surface area contributed by atoms with Crippen LogP contribution in [0.2, 0.25) is 0 Å². The first-order chi connectivity index (χ1) is 8.82. The van der Waals surface area contributed by atoms with E-state index in [9.17, 15) is 4.79 Å². The van der Waals surface area contributed by atoms with Gasteiger partial charge in [-0.3, -0.25) is 4.79 Å². The fraction of sp³-hybridized carbons (Fsp3) is 0.471. The fourth-order valence-electron chi connectivity index (χ4n) is 2.21. The van der Waals surface area contributed by atoms with Gasteiger partial charge in [-0.25, -0.2) is 0 Å². The van der Waals surface area contributed by atoms with Crippen molar-refractivity contribution in [2.45, 2.75) is 52.4 Å². The summed E-state index contributed by atoms with van der Waals surface area (Å²) in [7, 11) is 0. The Kier molecular flexibility index (Phi) is 3.53. The van der Waals surface area contributed by atoms with E-state index in [2.05, 4.69) is 45.7 Å². The Bertz CT molecular complexity index is 646. The Labute approximate surface area is 114 Å². The van der Waals surface area contributed by atoms with Crippen molar-refractivity contribution < 1.29 is 0 Å². The molecule has 0 aliphatic heterocycles. The largest absolute Gasteiger partial charge is 0.358 e. The van der Waals surface area contributed by atoms with Gasteiger partial charge in [0.1, 0.15) is 0 Å². The first-order valence-electron chi connectivity index (χ1n) is 7.00. The second-order valence-electron chi connectivity index (χ2n) is 6.41. The van der Waals surface area contributed by atoms with Gasteiger partial charge in [-0.1, -0.05) is 40.7 Å². The van der Waals surface area contributed by atoms with E-state index in [1.807, 2.05) is 12.1 Å². The Morgan fingerprint density at radius 3 is 2.47 bits per heavy atom. The van der Waals surface area contributed by atoms with Crippen molar-refractivity contribution in [1.29, 1.82) is 0 Å². The van der Waals surface area contributed by atoms with Crippen molar-refractivity contribution in [3.05, 3.63) is 45.7 Å². The summed E-state index contributed by atoms with van der Waals surface area (Å²) in [6, 6.07) is 7.93. The molecule has 2 heteroatoms. The van der Waals surface area contributed by atoms with Crippen LogP contribution in [-0.4, -0.2) is 4.98 Å². The van der Waals surface area contributed by atoms with E-state index >= 15 is 0 Å². The predicted octanol–water partition coefficient (Wildman–Crippen LogP) is 4.34. The molecule has 2 nitrogen and oxygen atoms in total. The molecule has 0 bridgehead atoms. The predicted molar refractivity (Wildman–Crippen MR) is 82.0 cm³/mol. The lowest BCUT2D eigenvalue weighted by Gasteiger charge is -2.19. The Balaban J connectivity index is 2.64. The van der Waals surface area contributed by atoms with Crippen LogP contribution in [0.15, 0.2) is 29.1 Å². The third kappa shape index (κ3) is 2.73. The van der Waals surface area contributed by atoms with Crippen LogP contribution in [0, 0.1) is 0 Å². The van der Waals surface area contributed by atoms with Gasteiger partial charge in [0.15, 0.2) is 5.43 Å². The SMILES string of the molecule is CCC(C)c1ccc2[nH]c(C(C)(C)C)cc(=O)c2c1. The van der Waals surface area contributed by atoms with Crippen LogP contribution < -0.4 is 5.43 Å². The van der Waals surface area contributed by atoms with Crippen LogP contribution in [0.5, 0.6) is 0 Å². The highest BCUT2D eigenvalue weighted by Gasteiger charge is 2.16. The minimum absolute atomic E-state index is 0.0390. The molecule has 0 fully saturated rings. The summed E-state index contributed by atoms with van der Waals surface area (Å²) in [5.41, 5.74) is 3.24. The normalized spacial score (nSPS) is 13.7. The first-order valence-corrected chi connectivity index (χ1v) is 7.00. The molecule has 1 unspecified atom stereocenters. The second kappa shape index (κ2) is 4.84. The molecule has 1 N–H and O–H groups in total. The molecule has 2 rings (SSSR count). The van der Waals surface area contributed by atoms with Gasteiger partial charge < -0.3 is 4.98 Å². The Morgan fingerprint density at radius 2 is 1.89 bits per heavy atom. The van der Waals surface area contributed by atoms with Gasteiger partial charge in [0.2, 0.25) is 0 Å². The van der Waals surface area contributed by atoms with E-state index in [0.717, 1.165) is 23.0 Å². The van der Waals surface area contributed by atoms with Gasteiger partial charge in [0, 0.05) is 28.1 Å². The number of benzene rings is 1. The van der Waals surface area contributed by atoms with Gasteiger partial charge in [-0.2, -0.15) is 0 Å². The minimum Gasteiger partial charge on any atom is -0.358 e. The maximum atomic E-state index is 12.3. The van der Waals surface area contributed by atoms with E-state index in [1.165, 1.54) is 5.56 Å². The van der Waals surface area contributed by atoms with Gasteiger partial charge >= 0.3 is 0 Å². The highest BCUT2D eigenvalue weighted by molar-refractivity contribution is 5.79. The van der Waals surface area contributed by atoms with Crippen LogP contribution in [0.25, 0.3) is 10.9 Å². The average molecular weight is 257 g/mol. The molecule has 2 aromatic rings. The lowest BCUT2D eigenvalue weighted by atomic mass is 9.90. The minimum atomic E-state index is -0.0390. The molecule has 0 spiro atoms. The van der Waals surface area contributed by atoms with Gasteiger partial charge in [-0.15, -0.1) is 0 Å². The zero-order chi connectivity index (χ0) is 14.2. The van der Waals surface area contributed by atoms with E-state index in [4.69, 9.17) is 0 Å². The molecule has 1 heterocycles. The van der Waals surface area contributed by atoms with Crippen molar-refractivity contribution in [2.24, 2.45) is 0 Å². The summed E-state index contributed by atoms with van der Waals surface area (Å²) in [5, 5.41) is 0.797. The summed E-state index contributed by atoms with van der Waals surface area (Å²) >= 11 is 0. The van der Waals surface area contributed by atoms with Gasteiger partial charge in [0.05, 0.1) is 0 Å². The summed E-state index contributed by atoms with van der Waals surface area (Å²) < 4.78 is 0. The summed E-state index contributed by atoms with van der Waals surface area (Å²) in [6.45, 7) is 10.7. The van der Waals surface area contributed by atoms with E-state index < -0.39 is 0 Å². The number of aromatic nitrogens is 1. The zero-order valence-corrected chi connectivity index (χ0v) is 12.5. The first kappa shape index (κ1) is 13.9. The van der Waals surface area contributed by atoms with Crippen LogP contribution >= 0.6 is 0 Å². The molecule has 0 aliphatic rings. The number of pyridine rings is 1. The zero-order valence-electron chi connectivity index (χ0n) is 12.5. The molecule has 0 saturated carbocycles. The maximum absolute atomic E-state index is 12.3. The molecule has 0 amide bonds. The summed E-state index contributed by atoms with van der Waals surface area (Å²) in [5.74, 6) is 0.492. The molecule has 0 aliphatic carbocycles. The third-order valence-corrected chi connectivity index (χ3v) is 3.84. The number of nitrogens with one attached hydrogen (secondary N) is 1. The average Bonchev–Trinajstić information content (AvgIpc) is 2.36. The van der Waals surface area contributed by atoms with Crippen molar-refractivity contribution in [1.82, 2.24) is 4.98 Å². The smallest absolute Gasteiger partial charge is 0.189 e. The van der Waals surface area contributed by atoms with Crippen LogP contribution in [-0.2, 0) is 5.41 Å². The second-order valence-corrected chi connectivity index (χ2v) is 6.41. The standard InChI is InChI=1S/C17H23NO/c1-6-11(2)12-7-8-14-13(9-12)15(19)10-16(18-14)17(3,4)5/h7-11H,6H2,1-5H3,(H,18,19). The molecule has 0 saturated heterocycles. The van der Waals surface area contributed by atoms with Crippen molar-refractivity contribution in [3.8, 4) is 0 Å². The molecular formula is C17H23NO. The van der Waals surface area contributed by atoms with Crippen molar-refractivity contribution in [2.75, 3.05) is 0 Å². The lowest BCUT2D eigenvalue weighted by molar-refractivity contribution is 0.571. The van der Waals surface area contributed by atoms with Crippen LogP contribution in [0.3, 0.4) is 0 Å². The lowest BCUT2D eigenvalue weighted by Crippen LogP contribution is -2.17. The van der Waals surface area contributed by atoms with Gasteiger partial charge in [-0.05, 0) is 30.0 Å². The monoisotopic (exact) mass is 257 g/mol. The highest BCUT2D eigenvalue weighted by atomic mass is 16.1. The number of aromatic amines is 1. The Hall–Kier alpha value is -1.57. The van der Waals surface area contributed by atoms with E-state index in [1.54, 1.807) is 6.07 Å². The molecule has 1 atom stereocenters. The van der Waals surface area contributed by atoms with Crippen LogP contribution in [0.4, 0.5) is 0 Å². The molecule has 1 aromatic heterocycles.